The van der Waals surface area contributed by atoms with Crippen LogP contribution in [0.2, 0.25) is 0 Å². The van der Waals surface area contributed by atoms with Crippen molar-refractivity contribution in [2.75, 3.05) is 6.54 Å². The van der Waals surface area contributed by atoms with E-state index in [4.69, 9.17) is 5.73 Å². The fourth-order valence-electron chi connectivity index (χ4n) is 3.79. The lowest BCUT2D eigenvalue weighted by atomic mass is 9.72. The van der Waals surface area contributed by atoms with Gasteiger partial charge in [0.15, 0.2) is 0 Å². The Kier molecular flexibility index (Phi) is 6.70. The molecule has 1 unspecified atom stereocenters. The van der Waals surface area contributed by atoms with E-state index in [0.717, 1.165) is 5.56 Å². The Hall–Kier alpha value is -2.05. The molecule has 0 saturated carbocycles. The van der Waals surface area contributed by atoms with E-state index < -0.39 is 11.2 Å². The molecule has 4 N–H and O–H groups in total. The van der Waals surface area contributed by atoms with Crippen molar-refractivity contribution in [3.8, 4) is 11.5 Å². The van der Waals surface area contributed by atoms with Gasteiger partial charge in [-0.05, 0) is 93.8 Å². The maximum atomic E-state index is 15.1. The number of phenols is 2. The topological polar surface area (TPSA) is 83.6 Å². The first-order valence-corrected chi connectivity index (χ1v) is 10.0. The predicted octanol–water partition coefficient (Wildman–Crippen LogP) is 4.39. The molecule has 0 bridgehead atoms. The van der Waals surface area contributed by atoms with Gasteiger partial charge in [-0.15, -0.1) is 12.6 Å². The average Bonchev–Trinajstić information content (AvgIpc) is 2.68. The number of hydrogen-bond donors (Lipinski definition) is 4. The molecule has 0 heterocycles. The molecule has 0 aliphatic carbocycles. The SMILES string of the molecule is CC(=O)C(CN)(Cc1c(C)c(S)cc(C)c1O)Cc1c(O)c(C)c(C)c(C)c1F. The molecule has 2 aromatic carbocycles. The molecule has 0 aromatic heterocycles. The minimum Gasteiger partial charge on any atom is -0.507 e. The number of hydrogen-bond acceptors (Lipinski definition) is 5. The lowest BCUT2D eigenvalue weighted by Crippen LogP contribution is -2.42. The first kappa shape index (κ1) is 23.2. The van der Waals surface area contributed by atoms with E-state index in [0.29, 0.717) is 32.7 Å². The van der Waals surface area contributed by atoms with Gasteiger partial charge < -0.3 is 15.9 Å². The van der Waals surface area contributed by atoms with Crippen molar-refractivity contribution >= 4 is 18.4 Å². The van der Waals surface area contributed by atoms with Crippen molar-refractivity contribution in [1.29, 1.82) is 0 Å². The van der Waals surface area contributed by atoms with Crippen molar-refractivity contribution < 1.29 is 19.4 Å². The number of Topliss-reactive ketones (excluding diaryl/α,β-unsaturated/α-hetero) is 1. The molecule has 0 aliphatic heterocycles. The van der Waals surface area contributed by atoms with E-state index in [1.165, 1.54) is 6.92 Å². The number of nitrogens with two attached hydrogens (primary N) is 1. The fourth-order valence-corrected chi connectivity index (χ4v) is 4.11. The first-order chi connectivity index (χ1) is 13.4. The second kappa shape index (κ2) is 8.36. The molecule has 4 nitrogen and oxygen atoms in total. The highest BCUT2D eigenvalue weighted by Gasteiger charge is 2.38. The van der Waals surface area contributed by atoms with E-state index in [1.807, 2.05) is 6.92 Å². The Morgan fingerprint density at radius 2 is 1.55 bits per heavy atom. The first-order valence-electron chi connectivity index (χ1n) is 9.57. The number of aryl methyl sites for hydroxylation is 1. The lowest BCUT2D eigenvalue weighted by Gasteiger charge is -2.32. The van der Waals surface area contributed by atoms with Crippen LogP contribution < -0.4 is 5.73 Å². The van der Waals surface area contributed by atoms with Crippen LogP contribution in [0.4, 0.5) is 4.39 Å². The number of halogens is 1. The summed E-state index contributed by atoms with van der Waals surface area (Å²) in [6.45, 7) is 10.1. The summed E-state index contributed by atoms with van der Waals surface area (Å²) < 4.78 is 15.1. The van der Waals surface area contributed by atoms with Gasteiger partial charge in [0.1, 0.15) is 23.1 Å². The van der Waals surface area contributed by atoms with Gasteiger partial charge in [0.25, 0.3) is 0 Å². The van der Waals surface area contributed by atoms with E-state index in [1.54, 1.807) is 33.8 Å². The van der Waals surface area contributed by atoms with Crippen molar-refractivity contribution in [3.63, 3.8) is 0 Å². The summed E-state index contributed by atoms with van der Waals surface area (Å²) >= 11 is 4.46. The Balaban J connectivity index is 2.68. The number of carbonyl (C=O) groups is 1. The van der Waals surface area contributed by atoms with Crippen LogP contribution >= 0.6 is 12.6 Å². The lowest BCUT2D eigenvalue weighted by molar-refractivity contribution is -0.126. The second-order valence-electron chi connectivity index (χ2n) is 8.08. The van der Waals surface area contributed by atoms with Gasteiger partial charge in [-0.25, -0.2) is 4.39 Å². The molecule has 2 rings (SSSR count). The quantitative estimate of drug-likeness (QED) is 0.524. The number of benzene rings is 2. The van der Waals surface area contributed by atoms with Gasteiger partial charge in [0.05, 0.1) is 0 Å². The summed E-state index contributed by atoms with van der Waals surface area (Å²) in [5.41, 5.74) is 8.62. The Labute approximate surface area is 177 Å². The minimum absolute atomic E-state index is 0.0537. The molecule has 158 valence electrons. The van der Waals surface area contributed by atoms with Gasteiger partial charge in [0, 0.05) is 22.4 Å². The van der Waals surface area contributed by atoms with E-state index >= 15 is 4.39 Å². The zero-order valence-electron chi connectivity index (χ0n) is 17.9. The van der Waals surface area contributed by atoms with Crippen LogP contribution in [0, 0.1) is 45.9 Å². The van der Waals surface area contributed by atoms with E-state index in [9.17, 15) is 15.0 Å². The number of phenolic OH excluding ortho intramolecular Hbond substituents is 2. The highest BCUT2D eigenvalue weighted by atomic mass is 32.1. The zero-order valence-corrected chi connectivity index (χ0v) is 18.8. The largest absolute Gasteiger partial charge is 0.507 e. The molecule has 0 aliphatic rings. The molecular formula is C23H30FNO3S. The third-order valence-corrected chi connectivity index (χ3v) is 6.84. The van der Waals surface area contributed by atoms with Crippen LogP contribution in [0.5, 0.6) is 11.5 Å². The summed E-state index contributed by atoms with van der Waals surface area (Å²) in [6.07, 6.45) is 0.0593. The number of carbonyl (C=O) groups excluding carboxylic acids is 1. The van der Waals surface area contributed by atoms with Crippen LogP contribution in [-0.2, 0) is 17.6 Å². The molecule has 29 heavy (non-hydrogen) atoms. The van der Waals surface area contributed by atoms with Crippen LogP contribution in [0.3, 0.4) is 0 Å². The molecule has 0 amide bonds. The average molecular weight is 420 g/mol. The third-order valence-electron chi connectivity index (χ3n) is 6.38. The standard InChI is InChI=1S/C23H30FNO3S/c1-11-7-19(29)15(5)17(21(11)27)8-23(10-25,16(6)26)9-18-20(24)13(3)12(2)14(4)22(18)28/h7,27-29H,8-10,25H2,1-6H3. The zero-order chi connectivity index (χ0) is 22.3. The van der Waals surface area contributed by atoms with Crippen LogP contribution in [-0.4, -0.2) is 22.5 Å². The fraction of sp³-hybridized carbons (Fsp3) is 0.435. The van der Waals surface area contributed by atoms with Crippen LogP contribution in [0.25, 0.3) is 0 Å². The molecule has 6 heteroatoms. The van der Waals surface area contributed by atoms with Gasteiger partial charge in [0.2, 0.25) is 0 Å². The number of ketones is 1. The van der Waals surface area contributed by atoms with Gasteiger partial charge >= 0.3 is 0 Å². The van der Waals surface area contributed by atoms with Gasteiger partial charge in [-0.3, -0.25) is 4.79 Å². The molecule has 1 atom stereocenters. The van der Waals surface area contributed by atoms with Crippen molar-refractivity contribution in [1.82, 2.24) is 0 Å². The summed E-state index contributed by atoms with van der Waals surface area (Å²) in [7, 11) is 0. The Morgan fingerprint density at radius 3 is 2.07 bits per heavy atom. The van der Waals surface area contributed by atoms with Crippen LogP contribution in [0.15, 0.2) is 11.0 Å². The van der Waals surface area contributed by atoms with Crippen molar-refractivity contribution in [2.24, 2.45) is 11.1 Å². The third kappa shape index (κ3) is 4.01. The van der Waals surface area contributed by atoms with E-state index in [-0.39, 0.29) is 42.2 Å². The number of thiol groups is 1. The molecule has 2 aromatic rings. The van der Waals surface area contributed by atoms with Crippen LogP contribution in [0.1, 0.15) is 45.9 Å². The second-order valence-corrected chi connectivity index (χ2v) is 8.56. The molecule has 0 fully saturated rings. The Morgan fingerprint density at radius 1 is 1.00 bits per heavy atom. The minimum atomic E-state index is -1.18. The normalized spacial score (nSPS) is 13.4. The molecule has 0 radical (unpaired) electrons. The molecular weight excluding hydrogens is 389 g/mol. The highest BCUT2D eigenvalue weighted by molar-refractivity contribution is 7.80. The highest BCUT2D eigenvalue weighted by Crippen LogP contribution is 2.40. The predicted molar refractivity (Wildman–Crippen MR) is 117 cm³/mol. The summed E-state index contributed by atoms with van der Waals surface area (Å²) in [5, 5.41) is 21.3. The maximum Gasteiger partial charge on any atom is 0.137 e. The summed E-state index contributed by atoms with van der Waals surface area (Å²) in [4.78, 5) is 13.5. The molecule has 0 saturated heterocycles. The summed E-state index contributed by atoms with van der Waals surface area (Å²) in [6, 6.07) is 1.76. The number of aromatic hydroxyl groups is 2. The summed E-state index contributed by atoms with van der Waals surface area (Å²) in [5.74, 6) is -0.814. The van der Waals surface area contributed by atoms with Gasteiger partial charge in [-0.2, -0.15) is 0 Å². The maximum absolute atomic E-state index is 15.1. The van der Waals surface area contributed by atoms with E-state index in [2.05, 4.69) is 12.6 Å². The smallest absolute Gasteiger partial charge is 0.137 e. The monoisotopic (exact) mass is 419 g/mol. The Bertz CT molecular complexity index is 932. The van der Waals surface area contributed by atoms with Gasteiger partial charge in [-0.1, -0.05) is 0 Å². The molecule has 0 spiro atoms. The van der Waals surface area contributed by atoms with Crippen molar-refractivity contribution in [2.45, 2.75) is 59.3 Å². The van der Waals surface area contributed by atoms with Crippen molar-refractivity contribution in [3.05, 3.63) is 50.8 Å². The number of rotatable bonds is 6.